The summed E-state index contributed by atoms with van der Waals surface area (Å²) in [5, 5.41) is 9.03. The van der Waals surface area contributed by atoms with E-state index in [-0.39, 0.29) is 6.10 Å². The Bertz CT molecular complexity index is 832. The number of carboxylic acid groups (broad SMARTS) is 1. The van der Waals surface area contributed by atoms with Gasteiger partial charge in [-0.25, -0.2) is 4.79 Å². The highest BCUT2D eigenvalue weighted by atomic mass is 79.9. The van der Waals surface area contributed by atoms with E-state index in [9.17, 15) is 4.79 Å². The molecule has 2 aromatic rings. The highest BCUT2D eigenvalue weighted by Crippen LogP contribution is 2.31. The average Bonchev–Trinajstić information content (AvgIpc) is 2.72. The van der Waals surface area contributed by atoms with Gasteiger partial charge in [-0.3, -0.25) is 4.90 Å². The number of hydrogen-bond acceptors (Lipinski definition) is 4. The van der Waals surface area contributed by atoms with Gasteiger partial charge in [0.2, 0.25) is 0 Å². The Morgan fingerprint density at radius 2 is 1.86 bits per heavy atom. The largest absolute Gasteiger partial charge is 0.478 e. The summed E-state index contributed by atoms with van der Waals surface area (Å²) in [7, 11) is 0. The molecule has 0 bridgehead atoms. The number of ether oxygens (including phenoxy) is 1. The lowest BCUT2D eigenvalue weighted by molar-refractivity contribution is 0.0289. The quantitative estimate of drug-likeness (QED) is 0.755. The van der Waals surface area contributed by atoms with Crippen molar-refractivity contribution in [3.63, 3.8) is 0 Å². The topological polar surface area (TPSA) is 53.0 Å². The number of aromatic carboxylic acids is 1. The Morgan fingerprint density at radius 1 is 1.11 bits per heavy atom. The molecule has 6 heteroatoms. The molecule has 2 aromatic carbocycles. The van der Waals surface area contributed by atoms with Crippen LogP contribution in [-0.2, 0) is 11.2 Å². The zero-order valence-corrected chi connectivity index (χ0v) is 17.4. The Balaban J connectivity index is 1.29. The van der Waals surface area contributed by atoms with E-state index in [2.05, 4.69) is 43.9 Å². The van der Waals surface area contributed by atoms with Gasteiger partial charge < -0.3 is 14.7 Å². The third kappa shape index (κ3) is 4.40. The van der Waals surface area contributed by atoms with E-state index in [1.807, 2.05) is 12.1 Å². The first kappa shape index (κ1) is 19.4. The number of halogens is 1. The molecular weight excluding hydrogens is 420 g/mol. The highest BCUT2D eigenvalue weighted by Gasteiger charge is 2.23. The Labute approximate surface area is 174 Å². The minimum absolute atomic E-state index is 0.193. The number of nitrogens with zero attached hydrogens (tertiary/aromatic N) is 2. The van der Waals surface area contributed by atoms with Gasteiger partial charge in [0.25, 0.3) is 0 Å². The fraction of sp³-hybridized carbons (Fsp3) is 0.409. The van der Waals surface area contributed by atoms with Crippen molar-refractivity contribution in [3.8, 4) is 0 Å². The van der Waals surface area contributed by atoms with Crippen LogP contribution in [0.2, 0.25) is 0 Å². The molecule has 1 N–H and O–H groups in total. The van der Waals surface area contributed by atoms with Crippen molar-refractivity contribution in [3.05, 3.63) is 63.6 Å². The first-order valence-electron chi connectivity index (χ1n) is 9.81. The number of anilines is 1. The Hall–Kier alpha value is -1.89. The lowest BCUT2D eigenvalue weighted by Crippen LogP contribution is -2.47. The maximum atomic E-state index is 11.0. The second-order valence-electron chi connectivity index (χ2n) is 7.42. The highest BCUT2D eigenvalue weighted by molar-refractivity contribution is 9.10. The first-order chi connectivity index (χ1) is 13.6. The van der Waals surface area contributed by atoms with E-state index in [1.54, 1.807) is 12.1 Å². The number of carboxylic acids is 1. The molecule has 0 radical (unpaired) electrons. The summed E-state index contributed by atoms with van der Waals surface area (Å²) in [5.74, 6) is -0.879. The van der Waals surface area contributed by atoms with Crippen molar-refractivity contribution in [1.82, 2.24) is 4.90 Å². The molecule has 28 heavy (non-hydrogen) atoms. The molecule has 1 atom stereocenters. The van der Waals surface area contributed by atoms with Gasteiger partial charge in [-0.15, -0.1) is 0 Å². The van der Waals surface area contributed by atoms with E-state index in [1.165, 1.54) is 11.1 Å². The van der Waals surface area contributed by atoms with Crippen LogP contribution in [-0.4, -0.2) is 55.3 Å². The molecule has 0 unspecified atom stereocenters. The summed E-state index contributed by atoms with van der Waals surface area (Å²) in [6, 6.07) is 13.7. The van der Waals surface area contributed by atoms with E-state index in [0.29, 0.717) is 5.56 Å². The first-order valence-corrected chi connectivity index (χ1v) is 10.6. The van der Waals surface area contributed by atoms with Crippen LogP contribution in [0.5, 0.6) is 0 Å². The maximum absolute atomic E-state index is 11.0. The number of hydrogen-bond donors (Lipinski definition) is 1. The smallest absolute Gasteiger partial charge is 0.335 e. The third-order valence-corrected chi connectivity index (χ3v) is 6.19. The molecular formula is C22H25BrN2O3. The van der Waals surface area contributed by atoms with Crippen molar-refractivity contribution >= 4 is 27.6 Å². The number of fused-ring (bicyclic) bond motifs is 1. The Kier molecular flexibility index (Phi) is 5.99. The van der Waals surface area contributed by atoms with Gasteiger partial charge >= 0.3 is 5.97 Å². The zero-order valence-electron chi connectivity index (χ0n) is 15.8. The summed E-state index contributed by atoms with van der Waals surface area (Å²) in [4.78, 5) is 15.8. The number of benzene rings is 2. The minimum atomic E-state index is -0.879. The standard InChI is InChI=1S/C22H25BrN2O3/c23-18-3-6-20-17(15-18)8-14-28-21(20)7-9-24-10-12-25(13-11-24)19-4-1-16(2-5-19)22(26)27/h1-6,15,21H,7-14H2,(H,26,27)/t21-/m0/s1. The summed E-state index contributed by atoms with van der Waals surface area (Å²) in [6.45, 7) is 5.78. The fourth-order valence-corrected chi connectivity index (χ4v) is 4.50. The summed E-state index contributed by atoms with van der Waals surface area (Å²) < 4.78 is 7.19. The van der Waals surface area contributed by atoms with Crippen molar-refractivity contribution in [2.45, 2.75) is 18.9 Å². The molecule has 4 rings (SSSR count). The van der Waals surface area contributed by atoms with Crippen molar-refractivity contribution < 1.29 is 14.6 Å². The summed E-state index contributed by atoms with van der Waals surface area (Å²) in [6.07, 6.45) is 2.20. The monoisotopic (exact) mass is 444 g/mol. The molecule has 2 aliphatic heterocycles. The SMILES string of the molecule is O=C(O)c1ccc(N2CCN(CC[C@@H]3OCCc4cc(Br)ccc43)CC2)cc1. The second kappa shape index (κ2) is 8.64. The van der Waals surface area contributed by atoms with Gasteiger partial charge in [0.05, 0.1) is 18.3 Å². The van der Waals surface area contributed by atoms with E-state index in [0.717, 1.165) is 62.3 Å². The van der Waals surface area contributed by atoms with Crippen molar-refractivity contribution in [2.75, 3.05) is 44.2 Å². The predicted molar refractivity (Wildman–Crippen MR) is 113 cm³/mol. The molecule has 0 spiro atoms. The molecule has 1 fully saturated rings. The molecule has 148 valence electrons. The molecule has 0 saturated carbocycles. The van der Waals surface area contributed by atoms with Crippen LogP contribution >= 0.6 is 15.9 Å². The molecule has 0 amide bonds. The van der Waals surface area contributed by atoms with Crippen LogP contribution < -0.4 is 4.90 Å². The number of piperazine rings is 1. The van der Waals surface area contributed by atoms with Gasteiger partial charge in [-0.1, -0.05) is 22.0 Å². The van der Waals surface area contributed by atoms with Gasteiger partial charge in [-0.05, 0) is 60.4 Å². The third-order valence-electron chi connectivity index (χ3n) is 5.70. The number of rotatable bonds is 5. The lowest BCUT2D eigenvalue weighted by Gasteiger charge is -2.37. The van der Waals surface area contributed by atoms with Crippen molar-refractivity contribution in [1.29, 1.82) is 0 Å². The minimum Gasteiger partial charge on any atom is -0.478 e. The van der Waals surface area contributed by atoms with Gasteiger partial charge in [0.15, 0.2) is 0 Å². The average molecular weight is 445 g/mol. The maximum Gasteiger partial charge on any atom is 0.335 e. The van der Waals surface area contributed by atoms with Crippen LogP contribution in [0.4, 0.5) is 5.69 Å². The van der Waals surface area contributed by atoms with E-state index >= 15 is 0 Å². The molecule has 5 nitrogen and oxygen atoms in total. The van der Waals surface area contributed by atoms with Crippen LogP contribution in [0.3, 0.4) is 0 Å². The normalized spacial score (nSPS) is 20.0. The molecule has 1 saturated heterocycles. The molecule has 2 aliphatic rings. The van der Waals surface area contributed by atoms with Gasteiger partial charge in [0.1, 0.15) is 0 Å². The number of carbonyl (C=O) groups is 1. The van der Waals surface area contributed by atoms with Crippen LogP contribution in [0.25, 0.3) is 0 Å². The fourth-order valence-electron chi connectivity index (χ4n) is 4.09. The van der Waals surface area contributed by atoms with Crippen LogP contribution in [0, 0.1) is 0 Å². The summed E-state index contributed by atoms with van der Waals surface area (Å²) in [5.41, 5.74) is 4.17. The predicted octanol–water partition coefficient (Wildman–Crippen LogP) is 3.97. The van der Waals surface area contributed by atoms with Crippen molar-refractivity contribution in [2.24, 2.45) is 0 Å². The van der Waals surface area contributed by atoms with Gasteiger partial charge in [-0.2, -0.15) is 0 Å². The Morgan fingerprint density at radius 3 is 2.57 bits per heavy atom. The molecule has 0 aliphatic carbocycles. The van der Waals surface area contributed by atoms with Gasteiger partial charge in [0, 0.05) is 42.9 Å². The van der Waals surface area contributed by atoms with E-state index in [4.69, 9.17) is 9.84 Å². The molecule has 0 aromatic heterocycles. The second-order valence-corrected chi connectivity index (χ2v) is 8.34. The zero-order chi connectivity index (χ0) is 19.5. The van der Waals surface area contributed by atoms with Crippen LogP contribution in [0.1, 0.15) is 34.0 Å². The van der Waals surface area contributed by atoms with Crippen LogP contribution in [0.15, 0.2) is 46.9 Å². The summed E-state index contributed by atoms with van der Waals surface area (Å²) >= 11 is 3.56. The van der Waals surface area contributed by atoms with E-state index < -0.39 is 5.97 Å². The molecule has 2 heterocycles. The lowest BCUT2D eigenvalue weighted by atomic mass is 9.95.